The first-order valence-electron chi connectivity index (χ1n) is 3.82. The van der Waals surface area contributed by atoms with Gasteiger partial charge in [0.2, 0.25) is 0 Å². The fourth-order valence-electron chi connectivity index (χ4n) is 0.565. The Hall–Kier alpha value is 1.01. The van der Waals surface area contributed by atoms with Gasteiger partial charge in [-0.15, -0.1) is 0 Å². The molecule has 0 aliphatic carbocycles. The number of hydrogen-bond donors (Lipinski definition) is 0. The first kappa shape index (κ1) is 12.0. The Balaban J connectivity index is 3.36. The van der Waals surface area contributed by atoms with E-state index >= 15 is 0 Å². The summed E-state index contributed by atoms with van der Waals surface area (Å²) < 4.78 is 11.4. The molecule has 0 bridgehead atoms. The van der Waals surface area contributed by atoms with Gasteiger partial charge in [0.15, 0.2) is 4.58 Å². The lowest BCUT2D eigenvalue weighted by Gasteiger charge is -2.14. The zero-order valence-corrected chi connectivity index (χ0v) is 9.78. The lowest BCUT2D eigenvalue weighted by atomic mass is 10.6. The maximum absolute atomic E-state index is 11.0. The summed E-state index contributed by atoms with van der Waals surface area (Å²) in [6.07, 6.45) is 3.99. The predicted octanol–water partition coefficient (Wildman–Crippen LogP) is 2.89. The molecule has 0 saturated heterocycles. The molecule has 68 valence electrons. The summed E-state index contributed by atoms with van der Waals surface area (Å²) in [5.74, 6) is 1.17. The second kappa shape index (κ2) is 7.65. The molecule has 0 aromatic rings. The van der Waals surface area contributed by atoms with Crippen molar-refractivity contribution in [1.29, 1.82) is 0 Å². The van der Waals surface area contributed by atoms with Crippen LogP contribution in [0.2, 0.25) is 0 Å². The molecule has 0 heterocycles. The highest BCUT2D eigenvalue weighted by Gasteiger charge is 2.15. The first-order valence-corrected chi connectivity index (χ1v) is 7.83. The Morgan fingerprint density at radius 2 is 2.09 bits per heavy atom. The maximum atomic E-state index is 11.0. The molecule has 11 heavy (non-hydrogen) atoms. The highest BCUT2D eigenvalue weighted by molar-refractivity contribution is 8.78. The quantitative estimate of drug-likeness (QED) is 0.384. The lowest BCUT2D eigenvalue weighted by Crippen LogP contribution is -2.13. The van der Waals surface area contributed by atoms with Gasteiger partial charge in [0.1, 0.15) is 0 Å². The van der Waals surface area contributed by atoms with Crippen molar-refractivity contribution in [2.45, 2.75) is 31.3 Å². The van der Waals surface area contributed by atoms with Crippen molar-refractivity contribution in [3.05, 3.63) is 0 Å². The second-order valence-electron chi connectivity index (χ2n) is 2.25. The van der Waals surface area contributed by atoms with E-state index < -0.39 is 11.2 Å². The van der Waals surface area contributed by atoms with Crippen LogP contribution in [0.25, 0.3) is 0 Å². The summed E-state index contributed by atoms with van der Waals surface area (Å²) in [6.45, 7) is 4.25. The van der Waals surface area contributed by atoms with Gasteiger partial charge >= 0.3 is 0 Å². The minimum absolute atomic E-state index is 0.326. The van der Waals surface area contributed by atoms with Crippen LogP contribution in [0.5, 0.6) is 0 Å². The molecule has 0 rings (SSSR count). The molecule has 0 aliphatic heterocycles. The van der Waals surface area contributed by atoms with E-state index in [1.165, 1.54) is 12.2 Å². The van der Waals surface area contributed by atoms with E-state index in [1.807, 2.05) is 10.8 Å². The highest BCUT2D eigenvalue weighted by atomic mass is 33.1. The van der Waals surface area contributed by atoms with Crippen LogP contribution >= 0.6 is 21.6 Å². The zero-order chi connectivity index (χ0) is 8.69. The van der Waals surface area contributed by atoms with Crippen molar-refractivity contribution in [2.24, 2.45) is 0 Å². The van der Waals surface area contributed by atoms with E-state index in [2.05, 4.69) is 13.8 Å². The standard InChI is InChI=1S/C7H16OS3/c1-4-6-9-10-7(5-2)11(3)8/h7H,4-6H2,1-3H3. The summed E-state index contributed by atoms with van der Waals surface area (Å²) in [5.41, 5.74) is 0. The van der Waals surface area contributed by atoms with E-state index in [1.54, 1.807) is 17.0 Å². The summed E-state index contributed by atoms with van der Waals surface area (Å²) in [4.78, 5) is 0. The van der Waals surface area contributed by atoms with Gasteiger partial charge in [0, 0.05) is 12.2 Å². The maximum Gasteiger partial charge on any atom is 0.169 e. The van der Waals surface area contributed by atoms with E-state index in [4.69, 9.17) is 0 Å². The van der Waals surface area contributed by atoms with Gasteiger partial charge in [0.05, 0.1) is 6.26 Å². The minimum atomic E-state index is -0.665. The molecule has 0 aromatic heterocycles. The molecule has 2 unspecified atom stereocenters. The van der Waals surface area contributed by atoms with Gasteiger partial charge in [-0.05, 0) is 28.4 Å². The fourth-order valence-corrected chi connectivity index (χ4v) is 5.18. The third kappa shape index (κ3) is 6.20. The van der Waals surface area contributed by atoms with Crippen molar-refractivity contribution in [3.63, 3.8) is 0 Å². The summed E-state index contributed by atoms with van der Waals surface area (Å²) >= 11 is -0.665. The zero-order valence-electron chi connectivity index (χ0n) is 7.33. The third-order valence-electron chi connectivity index (χ3n) is 1.17. The molecule has 0 aromatic carbocycles. The summed E-state index contributed by atoms with van der Waals surface area (Å²) in [6, 6.07) is 0. The third-order valence-corrected chi connectivity index (χ3v) is 6.57. The normalized spacial score (nSPS) is 16.4. The van der Waals surface area contributed by atoms with Crippen molar-refractivity contribution in [1.82, 2.24) is 0 Å². The smallest absolute Gasteiger partial charge is 0.169 e. The molecule has 0 radical (unpaired) electrons. The molecular formula is C7H16OS3. The van der Waals surface area contributed by atoms with Crippen molar-refractivity contribution < 1.29 is 4.55 Å². The molecule has 0 spiro atoms. The molecule has 0 aliphatic rings. The van der Waals surface area contributed by atoms with Crippen LogP contribution in [-0.4, -0.2) is 21.1 Å². The van der Waals surface area contributed by atoms with Crippen LogP contribution in [0, 0.1) is 0 Å². The Bertz CT molecular complexity index is 87.8. The topological polar surface area (TPSA) is 23.1 Å². The average molecular weight is 212 g/mol. The SMILES string of the molecule is CCCSSC(CC)[S+](C)[O-]. The van der Waals surface area contributed by atoms with E-state index in [-0.39, 0.29) is 0 Å². The van der Waals surface area contributed by atoms with Crippen LogP contribution in [0.4, 0.5) is 0 Å². The van der Waals surface area contributed by atoms with Crippen LogP contribution < -0.4 is 0 Å². The van der Waals surface area contributed by atoms with E-state index in [0.717, 1.165) is 6.42 Å². The molecule has 0 saturated carbocycles. The largest absolute Gasteiger partial charge is 0.616 e. The van der Waals surface area contributed by atoms with Crippen LogP contribution in [-0.2, 0) is 11.2 Å². The van der Waals surface area contributed by atoms with Crippen LogP contribution in [0.3, 0.4) is 0 Å². The first-order chi connectivity index (χ1) is 5.22. The van der Waals surface area contributed by atoms with Gasteiger partial charge in [-0.3, -0.25) is 0 Å². The van der Waals surface area contributed by atoms with Crippen LogP contribution in [0.15, 0.2) is 0 Å². The van der Waals surface area contributed by atoms with Crippen molar-refractivity contribution >= 4 is 32.8 Å². The number of rotatable bonds is 6. The predicted molar refractivity (Wildman–Crippen MR) is 58.5 cm³/mol. The second-order valence-corrected chi connectivity index (χ2v) is 6.81. The van der Waals surface area contributed by atoms with Crippen LogP contribution in [0.1, 0.15) is 26.7 Å². The molecule has 0 N–H and O–H groups in total. The van der Waals surface area contributed by atoms with Gasteiger partial charge in [-0.25, -0.2) is 0 Å². The van der Waals surface area contributed by atoms with E-state index in [9.17, 15) is 4.55 Å². The van der Waals surface area contributed by atoms with Crippen molar-refractivity contribution in [2.75, 3.05) is 12.0 Å². The Kier molecular flexibility index (Phi) is 8.35. The summed E-state index contributed by atoms with van der Waals surface area (Å²) in [5, 5.41) is 0. The molecular weight excluding hydrogens is 196 g/mol. The fraction of sp³-hybridized carbons (Fsp3) is 1.00. The molecule has 2 atom stereocenters. The highest BCUT2D eigenvalue weighted by Crippen LogP contribution is 2.31. The van der Waals surface area contributed by atoms with Gasteiger partial charge in [-0.1, -0.05) is 24.6 Å². The summed E-state index contributed by atoms with van der Waals surface area (Å²) in [7, 11) is 3.61. The Morgan fingerprint density at radius 3 is 2.45 bits per heavy atom. The minimum Gasteiger partial charge on any atom is -0.616 e. The molecule has 0 amide bonds. The van der Waals surface area contributed by atoms with Gasteiger partial charge < -0.3 is 4.55 Å². The number of hydrogen-bond acceptors (Lipinski definition) is 3. The molecule has 0 fully saturated rings. The molecule has 4 heteroatoms. The molecule has 1 nitrogen and oxygen atoms in total. The van der Waals surface area contributed by atoms with Gasteiger partial charge in [-0.2, -0.15) is 0 Å². The van der Waals surface area contributed by atoms with Gasteiger partial charge in [0.25, 0.3) is 0 Å². The Morgan fingerprint density at radius 1 is 1.45 bits per heavy atom. The average Bonchev–Trinajstić information content (AvgIpc) is 1.97. The Labute approximate surface area is 80.7 Å². The monoisotopic (exact) mass is 212 g/mol. The van der Waals surface area contributed by atoms with E-state index in [0.29, 0.717) is 4.58 Å². The van der Waals surface area contributed by atoms with Crippen molar-refractivity contribution in [3.8, 4) is 0 Å². The lowest BCUT2D eigenvalue weighted by molar-refractivity contribution is 0.596.